The van der Waals surface area contributed by atoms with E-state index in [2.05, 4.69) is 24.3 Å². The summed E-state index contributed by atoms with van der Waals surface area (Å²) in [5, 5.41) is 4.00. The molecule has 0 aliphatic carbocycles. The molecule has 19 heavy (non-hydrogen) atoms. The summed E-state index contributed by atoms with van der Waals surface area (Å²) in [6.07, 6.45) is 0. The van der Waals surface area contributed by atoms with Crippen LogP contribution in [-0.2, 0) is 0 Å². The second-order valence-electron chi connectivity index (χ2n) is 3.77. The molecule has 0 fully saturated rings. The molecule has 0 N–H and O–H groups in total. The SMILES string of the molecule is COc1[c]c(-c2ccc(-c3cc(OC)cs3)s2)sc1. The minimum Gasteiger partial charge on any atom is -0.496 e. The summed E-state index contributed by atoms with van der Waals surface area (Å²) < 4.78 is 10.4. The van der Waals surface area contributed by atoms with E-state index >= 15 is 0 Å². The van der Waals surface area contributed by atoms with Crippen LogP contribution in [0.5, 0.6) is 11.5 Å². The highest BCUT2D eigenvalue weighted by atomic mass is 32.1. The van der Waals surface area contributed by atoms with Crippen LogP contribution < -0.4 is 9.47 Å². The minimum atomic E-state index is 0.799. The quantitative estimate of drug-likeness (QED) is 0.673. The molecule has 5 heteroatoms. The van der Waals surface area contributed by atoms with Crippen molar-refractivity contribution in [2.45, 2.75) is 0 Å². The molecule has 0 saturated carbocycles. The molecule has 0 unspecified atom stereocenters. The Bertz CT molecular complexity index is 621. The van der Waals surface area contributed by atoms with Gasteiger partial charge >= 0.3 is 0 Å². The molecule has 0 aliphatic rings. The lowest BCUT2D eigenvalue weighted by Gasteiger charge is -1.91. The lowest BCUT2D eigenvalue weighted by atomic mass is 10.3. The molecule has 0 amide bonds. The Morgan fingerprint density at radius 1 is 0.947 bits per heavy atom. The zero-order valence-corrected chi connectivity index (χ0v) is 12.9. The first-order valence-electron chi connectivity index (χ1n) is 5.58. The summed E-state index contributed by atoms with van der Waals surface area (Å²) in [6, 6.07) is 9.59. The Balaban J connectivity index is 1.90. The van der Waals surface area contributed by atoms with E-state index in [1.807, 2.05) is 10.8 Å². The second-order valence-corrected chi connectivity index (χ2v) is 6.65. The van der Waals surface area contributed by atoms with Crippen molar-refractivity contribution in [2.75, 3.05) is 14.2 Å². The van der Waals surface area contributed by atoms with Gasteiger partial charge in [-0.25, -0.2) is 0 Å². The molecule has 3 aromatic rings. The molecule has 0 spiro atoms. The number of rotatable bonds is 4. The van der Waals surface area contributed by atoms with E-state index < -0.39 is 0 Å². The van der Waals surface area contributed by atoms with E-state index in [0.29, 0.717) is 0 Å². The third kappa shape index (κ3) is 2.54. The molecule has 1 radical (unpaired) electrons. The third-order valence-electron chi connectivity index (χ3n) is 2.62. The van der Waals surface area contributed by atoms with Gasteiger partial charge in [-0.1, -0.05) is 0 Å². The van der Waals surface area contributed by atoms with Crippen LogP contribution in [0.25, 0.3) is 19.5 Å². The maximum Gasteiger partial charge on any atom is 0.138 e. The first-order valence-corrected chi connectivity index (χ1v) is 8.15. The van der Waals surface area contributed by atoms with Crippen LogP contribution in [0.3, 0.4) is 0 Å². The van der Waals surface area contributed by atoms with E-state index in [9.17, 15) is 0 Å². The van der Waals surface area contributed by atoms with Crippen molar-refractivity contribution in [3.8, 4) is 31.0 Å². The highest BCUT2D eigenvalue weighted by molar-refractivity contribution is 7.25. The first kappa shape index (κ1) is 12.7. The molecule has 3 rings (SSSR count). The molecule has 2 nitrogen and oxygen atoms in total. The van der Waals surface area contributed by atoms with Gasteiger partial charge < -0.3 is 9.47 Å². The predicted molar refractivity (Wildman–Crippen MR) is 82.9 cm³/mol. The average Bonchev–Trinajstić information content (AvgIpc) is 3.16. The Hall–Kier alpha value is -1.30. The Labute approximate surface area is 123 Å². The van der Waals surface area contributed by atoms with Gasteiger partial charge in [0.2, 0.25) is 0 Å². The van der Waals surface area contributed by atoms with E-state index in [4.69, 9.17) is 9.47 Å². The molecular formula is C14H11O2S3. The zero-order valence-electron chi connectivity index (χ0n) is 10.4. The van der Waals surface area contributed by atoms with Gasteiger partial charge in [0, 0.05) is 31.5 Å². The molecular weight excluding hydrogens is 296 g/mol. The summed E-state index contributed by atoms with van der Waals surface area (Å²) in [5.74, 6) is 1.71. The Morgan fingerprint density at radius 3 is 2.47 bits per heavy atom. The third-order valence-corrected chi connectivity index (χ3v) is 5.85. The van der Waals surface area contributed by atoms with Crippen molar-refractivity contribution in [2.24, 2.45) is 0 Å². The fourth-order valence-electron chi connectivity index (χ4n) is 1.65. The highest BCUT2D eigenvalue weighted by Crippen LogP contribution is 2.41. The van der Waals surface area contributed by atoms with Gasteiger partial charge in [-0.15, -0.1) is 34.0 Å². The molecule has 0 bridgehead atoms. The summed E-state index contributed by atoms with van der Waals surface area (Å²) in [6.45, 7) is 0. The van der Waals surface area contributed by atoms with Gasteiger partial charge in [0.15, 0.2) is 0 Å². The molecule has 3 aromatic heterocycles. The smallest absolute Gasteiger partial charge is 0.138 e. The van der Waals surface area contributed by atoms with Crippen LogP contribution in [0.15, 0.2) is 29.0 Å². The normalized spacial score (nSPS) is 10.6. The Morgan fingerprint density at radius 2 is 1.79 bits per heavy atom. The van der Waals surface area contributed by atoms with Gasteiger partial charge in [-0.2, -0.15) is 0 Å². The highest BCUT2D eigenvalue weighted by Gasteiger charge is 2.10. The Kier molecular flexibility index (Phi) is 3.59. The van der Waals surface area contributed by atoms with Crippen LogP contribution >= 0.6 is 34.0 Å². The molecule has 0 saturated heterocycles. The van der Waals surface area contributed by atoms with Gasteiger partial charge in [-0.05, 0) is 18.2 Å². The van der Waals surface area contributed by atoms with Crippen molar-refractivity contribution in [3.05, 3.63) is 35.0 Å². The van der Waals surface area contributed by atoms with Gasteiger partial charge in [0.25, 0.3) is 0 Å². The minimum absolute atomic E-state index is 0.799. The molecule has 97 valence electrons. The number of hydrogen-bond acceptors (Lipinski definition) is 5. The van der Waals surface area contributed by atoms with E-state index in [1.165, 1.54) is 14.6 Å². The summed E-state index contributed by atoms with van der Waals surface area (Å²) in [7, 11) is 3.36. The van der Waals surface area contributed by atoms with Gasteiger partial charge in [0.05, 0.1) is 19.1 Å². The fourth-order valence-corrected chi connectivity index (χ4v) is 4.50. The summed E-state index contributed by atoms with van der Waals surface area (Å²) in [4.78, 5) is 4.83. The monoisotopic (exact) mass is 307 g/mol. The van der Waals surface area contributed by atoms with Crippen molar-refractivity contribution < 1.29 is 9.47 Å². The topological polar surface area (TPSA) is 18.5 Å². The van der Waals surface area contributed by atoms with Gasteiger partial charge in [0.1, 0.15) is 11.5 Å². The molecule has 3 heterocycles. The largest absolute Gasteiger partial charge is 0.496 e. The standard InChI is InChI=1S/C14H11O2S3/c1-15-9-5-13(17-7-9)11-3-4-12(19-11)14-6-10(16-2)8-18-14/h3-5,7-8H,1-2H3. The van der Waals surface area contributed by atoms with Crippen molar-refractivity contribution in [1.29, 1.82) is 0 Å². The molecule has 0 aromatic carbocycles. The van der Waals surface area contributed by atoms with E-state index in [1.54, 1.807) is 48.2 Å². The van der Waals surface area contributed by atoms with Crippen LogP contribution in [0.1, 0.15) is 0 Å². The van der Waals surface area contributed by atoms with Crippen LogP contribution in [0.4, 0.5) is 0 Å². The lowest BCUT2D eigenvalue weighted by Crippen LogP contribution is -1.76. The number of hydrogen-bond donors (Lipinski definition) is 0. The fraction of sp³-hybridized carbons (Fsp3) is 0.143. The van der Waals surface area contributed by atoms with E-state index in [0.717, 1.165) is 16.4 Å². The van der Waals surface area contributed by atoms with E-state index in [-0.39, 0.29) is 0 Å². The van der Waals surface area contributed by atoms with Crippen molar-refractivity contribution in [1.82, 2.24) is 0 Å². The van der Waals surface area contributed by atoms with Crippen molar-refractivity contribution in [3.63, 3.8) is 0 Å². The van der Waals surface area contributed by atoms with Crippen molar-refractivity contribution >= 4 is 34.0 Å². The lowest BCUT2D eigenvalue weighted by molar-refractivity contribution is 0.416. The average molecular weight is 307 g/mol. The van der Waals surface area contributed by atoms with Crippen LogP contribution in [0, 0.1) is 6.07 Å². The van der Waals surface area contributed by atoms with Crippen LogP contribution in [0.2, 0.25) is 0 Å². The zero-order chi connectivity index (χ0) is 13.2. The maximum absolute atomic E-state index is 5.22. The predicted octanol–water partition coefficient (Wildman–Crippen LogP) is 5.02. The second kappa shape index (κ2) is 5.36. The number of thiophene rings is 3. The molecule has 0 atom stereocenters. The number of ether oxygens (including phenoxy) is 2. The number of methoxy groups -OCH3 is 2. The summed E-state index contributed by atoms with van der Waals surface area (Å²) >= 11 is 5.12. The summed E-state index contributed by atoms with van der Waals surface area (Å²) in [5.41, 5.74) is 0. The molecule has 0 aliphatic heterocycles. The van der Waals surface area contributed by atoms with Crippen LogP contribution in [-0.4, -0.2) is 14.2 Å². The first-order chi connectivity index (χ1) is 9.30. The maximum atomic E-state index is 5.22. The van der Waals surface area contributed by atoms with Gasteiger partial charge in [-0.3, -0.25) is 0 Å².